The van der Waals surface area contributed by atoms with E-state index in [1.165, 1.54) is 0 Å². The maximum atomic E-state index is 5.21. The molecule has 1 aromatic heterocycles. The zero-order chi connectivity index (χ0) is 20.6. The second kappa shape index (κ2) is 9.38. The number of anilines is 5. The van der Waals surface area contributed by atoms with Crippen LogP contribution >= 0.6 is 0 Å². The number of hydrogen-bond donors (Lipinski definition) is 3. The minimum Gasteiger partial charge on any atom is -0.497 e. The topological polar surface area (TPSA) is 84.0 Å². The van der Waals surface area contributed by atoms with Crippen LogP contribution in [0.15, 0.2) is 84.9 Å². The summed E-state index contributed by atoms with van der Waals surface area (Å²) in [5, 5.41) is 9.72. The van der Waals surface area contributed by atoms with Gasteiger partial charge in [0.15, 0.2) is 0 Å². The number of nitrogens with zero attached hydrogens (tertiary/aromatic N) is 3. The second-order valence-corrected chi connectivity index (χ2v) is 6.49. The molecule has 0 aliphatic carbocycles. The molecule has 3 N–H and O–H groups in total. The molecule has 0 radical (unpaired) electrons. The van der Waals surface area contributed by atoms with Crippen LogP contribution in [0.25, 0.3) is 0 Å². The molecular weight excluding hydrogens is 376 g/mol. The molecule has 150 valence electrons. The summed E-state index contributed by atoms with van der Waals surface area (Å²) >= 11 is 0. The zero-order valence-electron chi connectivity index (χ0n) is 16.5. The van der Waals surface area contributed by atoms with Gasteiger partial charge in [-0.05, 0) is 42.0 Å². The molecule has 3 aromatic carbocycles. The number of nitrogens with one attached hydrogen (secondary N) is 3. The van der Waals surface area contributed by atoms with Crippen LogP contribution < -0.4 is 20.7 Å². The molecule has 0 amide bonds. The number of rotatable bonds is 8. The summed E-state index contributed by atoms with van der Waals surface area (Å²) in [4.78, 5) is 13.5. The van der Waals surface area contributed by atoms with E-state index in [9.17, 15) is 0 Å². The molecule has 30 heavy (non-hydrogen) atoms. The van der Waals surface area contributed by atoms with Gasteiger partial charge in [0.25, 0.3) is 0 Å². The summed E-state index contributed by atoms with van der Waals surface area (Å²) in [7, 11) is 1.65. The van der Waals surface area contributed by atoms with Crippen molar-refractivity contribution in [3.05, 3.63) is 90.5 Å². The number of methoxy groups -OCH3 is 1. The molecule has 7 heteroatoms. The lowest BCUT2D eigenvalue weighted by Crippen LogP contribution is -2.09. The highest BCUT2D eigenvalue weighted by molar-refractivity contribution is 5.59. The summed E-state index contributed by atoms with van der Waals surface area (Å²) in [6.45, 7) is 0.573. The van der Waals surface area contributed by atoms with Crippen molar-refractivity contribution in [2.24, 2.45) is 0 Å². The molecular formula is C23H22N6O. The summed E-state index contributed by atoms with van der Waals surface area (Å²) in [5.41, 5.74) is 2.89. The number of benzene rings is 3. The third-order valence-corrected chi connectivity index (χ3v) is 4.30. The van der Waals surface area contributed by atoms with E-state index in [2.05, 4.69) is 30.9 Å². The zero-order valence-corrected chi connectivity index (χ0v) is 16.5. The predicted octanol–water partition coefficient (Wildman–Crippen LogP) is 4.98. The van der Waals surface area contributed by atoms with Crippen molar-refractivity contribution < 1.29 is 4.74 Å². The summed E-state index contributed by atoms with van der Waals surface area (Å²) in [6, 6.07) is 27.4. The molecule has 0 fully saturated rings. The smallest absolute Gasteiger partial charge is 0.233 e. The fraction of sp³-hybridized carbons (Fsp3) is 0.0870. The first-order valence-corrected chi connectivity index (χ1v) is 9.55. The van der Waals surface area contributed by atoms with Gasteiger partial charge in [0.05, 0.1) is 7.11 Å². The summed E-state index contributed by atoms with van der Waals surface area (Å²) in [5.74, 6) is 2.19. The monoisotopic (exact) mass is 398 g/mol. The van der Waals surface area contributed by atoms with E-state index in [-0.39, 0.29) is 0 Å². The van der Waals surface area contributed by atoms with E-state index < -0.39 is 0 Å². The second-order valence-electron chi connectivity index (χ2n) is 6.49. The Bertz CT molecular complexity index is 1010. The van der Waals surface area contributed by atoms with Crippen molar-refractivity contribution in [1.82, 2.24) is 15.0 Å². The fourth-order valence-corrected chi connectivity index (χ4v) is 2.79. The molecule has 7 nitrogen and oxygen atoms in total. The fourth-order valence-electron chi connectivity index (χ4n) is 2.79. The summed E-state index contributed by atoms with van der Waals surface area (Å²) < 4.78 is 5.21. The van der Waals surface area contributed by atoms with Crippen LogP contribution in [0.4, 0.5) is 29.2 Å². The van der Waals surface area contributed by atoms with Gasteiger partial charge >= 0.3 is 0 Å². The SMILES string of the molecule is COc1ccc(CNc2nc(Nc3ccccc3)nc(Nc3ccccc3)n2)cc1. The molecule has 0 aliphatic heterocycles. The Morgan fingerprint density at radius 3 is 1.63 bits per heavy atom. The van der Waals surface area contributed by atoms with Gasteiger partial charge in [-0.3, -0.25) is 0 Å². The van der Waals surface area contributed by atoms with E-state index in [0.717, 1.165) is 22.7 Å². The standard InChI is InChI=1S/C23H22N6O/c1-30-20-14-12-17(13-15-20)16-24-21-27-22(25-18-8-4-2-5-9-18)29-23(28-21)26-19-10-6-3-7-11-19/h2-15H,16H2,1H3,(H3,24,25,26,27,28,29). The van der Waals surface area contributed by atoms with Crippen molar-refractivity contribution in [3.63, 3.8) is 0 Å². The number of para-hydroxylation sites is 2. The van der Waals surface area contributed by atoms with Crippen molar-refractivity contribution >= 4 is 29.2 Å². The highest BCUT2D eigenvalue weighted by atomic mass is 16.5. The van der Waals surface area contributed by atoms with Crippen molar-refractivity contribution in [2.45, 2.75) is 6.54 Å². The van der Waals surface area contributed by atoms with Crippen molar-refractivity contribution in [2.75, 3.05) is 23.1 Å². The van der Waals surface area contributed by atoms with Crippen LogP contribution in [0.5, 0.6) is 5.75 Å². The highest BCUT2D eigenvalue weighted by Gasteiger charge is 2.08. The number of aromatic nitrogens is 3. The average molecular weight is 398 g/mol. The quantitative estimate of drug-likeness (QED) is 0.386. The van der Waals surface area contributed by atoms with Crippen LogP contribution in [-0.2, 0) is 6.54 Å². The first-order chi connectivity index (χ1) is 14.8. The van der Waals surface area contributed by atoms with Gasteiger partial charge in [-0.25, -0.2) is 0 Å². The molecule has 0 atom stereocenters. The molecule has 0 aliphatic rings. The molecule has 4 rings (SSSR count). The lowest BCUT2D eigenvalue weighted by molar-refractivity contribution is 0.414. The Labute approximate surface area is 175 Å². The lowest BCUT2D eigenvalue weighted by Gasteiger charge is -2.12. The lowest BCUT2D eigenvalue weighted by atomic mass is 10.2. The van der Waals surface area contributed by atoms with Gasteiger partial charge in [0.2, 0.25) is 17.8 Å². The highest BCUT2D eigenvalue weighted by Crippen LogP contribution is 2.19. The third kappa shape index (κ3) is 5.23. The number of hydrogen-bond acceptors (Lipinski definition) is 7. The molecule has 0 bridgehead atoms. The van der Waals surface area contributed by atoms with Crippen LogP contribution in [0, 0.1) is 0 Å². The van der Waals surface area contributed by atoms with Gasteiger partial charge in [0, 0.05) is 17.9 Å². The predicted molar refractivity (Wildman–Crippen MR) is 120 cm³/mol. The Kier molecular flexibility index (Phi) is 6.00. The van der Waals surface area contributed by atoms with Crippen molar-refractivity contribution in [3.8, 4) is 5.75 Å². The van der Waals surface area contributed by atoms with Gasteiger partial charge in [-0.1, -0.05) is 48.5 Å². The molecule has 0 saturated carbocycles. The Balaban J connectivity index is 1.55. The molecule has 0 saturated heterocycles. The minimum absolute atomic E-state index is 0.451. The molecule has 4 aromatic rings. The largest absolute Gasteiger partial charge is 0.497 e. The Morgan fingerprint density at radius 2 is 1.13 bits per heavy atom. The van der Waals surface area contributed by atoms with E-state index in [1.807, 2.05) is 84.9 Å². The first kappa shape index (κ1) is 19.2. The van der Waals surface area contributed by atoms with E-state index in [4.69, 9.17) is 4.74 Å². The maximum absolute atomic E-state index is 5.21. The van der Waals surface area contributed by atoms with Gasteiger partial charge in [0.1, 0.15) is 5.75 Å². The third-order valence-electron chi connectivity index (χ3n) is 4.30. The first-order valence-electron chi connectivity index (χ1n) is 9.55. The number of ether oxygens (including phenoxy) is 1. The van der Waals surface area contributed by atoms with Gasteiger partial charge in [-0.2, -0.15) is 15.0 Å². The van der Waals surface area contributed by atoms with E-state index in [0.29, 0.717) is 24.4 Å². The Hall–Kier alpha value is -4.13. The Morgan fingerprint density at radius 1 is 0.633 bits per heavy atom. The van der Waals surface area contributed by atoms with Crippen LogP contribution in [0.1, 0.15) is 5.56 Å². The molecule has 1 heterocycles. The van der Waals surface area contributed by atoms with E-state index >= 15 is 0 Å². The molecule has 0 unspecified atom stereocenters. The maximum Gasteiger partial charge on any atom is 0.233 e. The van der Waals surface area contributed by atoms with Crippen LogP contribution in [0.2, 0.25) is 0 Å². The van der Waals surface area contributed by atoms with Gasteiger partial charge < -0.3 is 20.7 Å². The normalized spacial score (nSPS) is 10.3. The average Bonchev–Trinajstić information content (AvgIpc) is 2.79. The minimum atomic E-state index is 0.451. The van der Waals surface area contributed by atoms with Crippen LogP contribution in [0.3, 0.4) is 0 Å². The van der Waals surface area contributed by atoms with E-state index in [1.54, 1.807) is 7.11 Å². The van der Waals surface area contributed by atoms with Crippen LogP contribution in [-0.4, -0.2) is 22.1 Å². The molecule has 0 spiro atoms. The van der Waals surface area contributed by atoms with Crippen molar-refractivity contribution in [1.29, 1.82) is 0 Å². The van der Waals surface area contributed by atoms with Gasteiger partial charge in [-0.15, -0.1) is 0 Å². The summed E-state index contributed by atoms with van der Waals surface area (Å²) in [6.07, 6.45) is 0.